The summed E-state index contributed by atoms with van der Waals surface area (Å²) in [4.78, 5) is 31.1. The lowest BCUT2D eigenvalue weighted by molar-refractivity contribution is -0.134. The fourth-order valence-corrected chi connectivity index (χ4v) is 5.86. The number of amides is 2. The van der Waals surface area contributed by atoms with Gasteiger partial charge in [0.05, 0.1) is 16.6 Å². The summed E-state index contributed by atoms with van der Waals surface area (Å²) in [6, 6.07) is 13.3. The van der Waals surface area contributed by atoms with Crippen LogP contribution in [0.25, 0.3) is 0 Å². The standard InChI is InChI=1S/C28H34Cl3N3O3/c1-18(37-23-7-5-21(29)6-8-23)24-15-34(16-25(24)20-4-9-26(30)27(31)14-20)28(36)17-33-12-10-22(11-13-33)32(3)19(2)35/h4-9,14,18,22,24-25H,10-13,15-17H2,1-3H3. The molecule has 2 heterocycles. The van der Waals surface area contributed by atoms with Gasteiger partial charge in [0.25, 0.3) is 0 Å². The van der Waals surface area contributed by atoms with Crippen molar-refractivity contribution in [3.63, 3.8) is 0 Å². The zero-order chi connectivity index (χ0) is 26.7. The molecule has 6 nitrogen and oxygen atoms in total. The van der Waals surface area contributed by atoms with Gasteiger partial charge >= 0.3 is 0 Å². The molecular weight excluding hydrogens is 533 g/mol. The minimum Gasteiger partial charge on any atom is -0.490 e. The van der Waals surface area contributed by atoms with E-state index in [4.69, 9.17) is 39.5 Å². The zero-order valence-corrected chi connectivity index (χ0v) is 23.8. The number of halogens is 3. The van der Waals surface area contributed by atoms with E-state index in [1.165, 1.54) is 0 Å². The van der Waals surface area contributed by atoms with Crippen LogP contribution in [0.3, 0.4) is 0 Å². The largest absolute Gasteiger partial charge is 0.490 e. The molecule has 37 heavy (non-hydrogen) atoms. The number of likely N-dealkylation sites (tertiary alicyclic amines) is 2. The first-order valence-corrected chi connectivity index (χ1v) is 13.9. The Bertz CT molecular complexity index is 1110. The molecule has 3 atom stereocenters. The Balaban J connectivity index is 1.44. The highest BCUT2D eigenvalue weighted by Gasteiger charge is 2.40. The van der Waals surface area contributed by atoms with E-state index >= 15 is 0 Å². The first-order valence-electron chi connectivity index (χ1n) is 12.7. The number of ether oxygens (including phenoxy) is 1. The van der Waals surface area contributed by atoms with Gasteiger partial charge in [0.15, 0.2) is 0 Å². The van der Waals surface area contributed by atoms with Crippen molar-refractivity contribution in [1.82, 2.24) is 14.7 Å². The summed E-state index contributed by atoms with van der Waals surface area (Å²) < 4.78 is 6.29. The predicted molar refractivity (Wildman–Crippen MR) is 149 cm³/mol. The molecule has 3 unspecified atom stereocenters. The van der Waals surface area contributed by atoms with Gasteiger partial charge in [-0.25, -0.2) is 0 Å². The minimum absolute atomic E-state index is 0.0657. The SMILES string of the molecule is CC(=O)N(C)C1CCN(CC(=O)N2CC(c3ccc(Cl)c(Cl)c3)C(C(C)Oc3ccc(Cl)cc3)C2)CC1. The summed E-state index contributed by atoms with van der Waals surface area (Å²) >= 11 is 18.6. The molecule has 0 aliphatic carbocycles. The molecule has 0 saturated carbocycles. The second-order valence-corrected chi connectivity index (χ2v) is 11.4. The van der Waals surface area contributed by atoms with Gasteiger partial charge in [-0.05, 0) is 61.7 Å². The van der Waals surface area contributed by atoms with Crippen molar-refractivity contribution < 1.29 is 14.3 Å². The van der Waals surface area contributed by atoms with E-state index < -0.39 is 0 Å². The van der Waals surface area contributed by atoms with Crippen LogP contribution in [-0.2, 0) is 9.59 Å². The van der Waals surface area contributed by atoms with Crippen LogP contribution >= 0.6 is 34.8 Å². The highest BCUT2D eigenvalue weighted by atomic mass is 35.5. The maximum Gasteiger partial charge on any atom is 0.236 e. The van der Waals surface area contributed by atoms with Crippen molar-refractivity contribution in [3.05, 3.63) is 63.1 Å². The fraction of sp³-hybridized carbons (Fsp3) is 0.500. The molecule has 2 saturated heterocycles. The first-order chi connectivity index (χ1) is 17.6. The van der Waals surface area contributed by atoms with E-state index in [1.807, 2.05) is 66.2 Å². The second-order valence-electron chi connectivity index (χ2n) is 10.2. The number of hydrogen-bond acceptors (Lipinski definition) is 4. The number of piperidine rings is 1. The van der Waals surface area contributed by atoms with Crippen LogP contribution in [-0.4, -0.2) is 78.4 Å². The summed E-state index contributed by atoms with van der Waals surface area (Å²) in [6.45, 7) is 6.83. The molecule has 200 valence electrons. The van der Waals surface area contributed by atoms with Crippen LogP contribution in [0.2, 0.25) is 15.1 Å². The summed E-state index contributed by atoms with van der Waals surface area (Å²) in [5.41, 5.74) is 1.05. The number of carbonyl (C=O) groups excluding carboxylic acids is 2. The normalized spacial score (nSPS) is 21.6. The van der Waals surface area contributed by atoms with Crippen molar-refractivity contribution in [2.75, 3.05) is 39.8 Å². The molecular formula is C28H34Cl3N3O3. The van der Waals surface area contributed by atoms with Gasteiger partial charge in [0.2, 0.25) is 11.8 Å². The van der Waals surface area contributed by atoms with Gasteiger partial charge in [-0.1, -0.05) is 40.9 Å². The molecule has 9 heteroatoms. The minimum atomic E-state index is -0.142. The van der Waals surface area contributed by atoms with Gasteiger partial charge in [-0.2, -0.15) is 0 Å². The van der Waals surface area contributed by atoms with Crippen LogP contribution < -0.4 is 4.74 Å². The van der Waals surface area contributed by atoms with E-state index in [9.17, 15) is 9.59 Å². The van der Waals surface area contributed by atoms with E-state index in [0.717, 1.165) is 37.2 Å². The molecule has 0 N–H and O–H groups in total. The molecule has 2 fully saturated rings. The number of rotatable bonds is 7. The summed E-state index contributed by atoms with van der Waals surface area (Å²) in [6.07, 6.45) is 1.62. The van der Waals surface area contributed by atoms with E-state index in [2.05, 4.69) is 4.90 Å². The van der Waals surface area contributed by atoms with Gasteiger partial charge in [0, 0.05) is 63.1 Å². The Morgan fingerprint density at radius 1 is 1.03 bits per heavy atom. The smallest absolute Gasteiger partial charge is 0.236 e. The number of hydrogen-bond donors (Lipinski definition) is 0. The van der Waals surface area contributed by atoms with Crippen molar-refractivity contribution in [2.24, 2.45) is 5.92 Å². The lowest BCUT2D eigenvalue weighted by Crippen LogP contribution is -2.48. The fourth-order valence-electron chi connectivity index (χ4n) is 5.43. The van der Waals surface area contributed by atoms with E-state index in [-0.39, 0.29) is 35.8 Å². The average Bonchev–Trinajstić information content (AvgIpc) is 3.33. The molecule has 0 bridgehead atoms. The monoisotopic (exact) mass is 565 g/mol. The van der Waals surface area contributed by atoms with E-state index in [1.54, 1.807) is 6.92 Å². The predicted octanol–water partition coefficient (Wildman–Crippen LogP) is 5.60. The summed E-state index contributed by atoms with van der Waals surface area (Å²) in [7, 11) is 1.86. The quantitative estimate of drug-likeness (QED) is 0.438. The van der Waals surface area contributed by atoms with Crippen molar-refractivity contribution in [3.8, 4) is 5.75 Å². The summed E-state index contributed by atoms with van der Waals surface area (Å²) in [5.74, 6) is 1.08. The van der Waals surface area contributed by atoms with Crippen LogP contribution in [0.5, 0.6) is 5.75 Å². The first kappa shape index (κ1) is 28.0. The van der Waals surface area contributed by atoms with E-state index in [0.29, 0.717) is 34.7 Å². The number of benzene rings is 2. The lowest BCUT2D eigenvalue weighted by Gasteiger charge is -2.36. The van der Waals surface area contributed by atoms with Crippen LogP contribution in [0.4, 0.5) is 0 Å². The van der Waals surface area contributed by atoms with Gasteiger partial charge in [-0.3, -0.25) is 14.5 Å². The molecule has 2 aliphatic rings. The molecule has 2 aliphatic heterocycles. The Hall–Kier alpha value is -1.99. The maximum absolute atomic E-state index is 13.4. The third kappa shape index (κ3) is 6.91. The number of carbonyl (C=O) groups is 2. The van der Waals surface area contributed by atoms with Gasteiger partial charge < -0.3 is 14.5 Å². The Morgan fingerprint density at radius 3 is 2.32 bits per heavy atom. The van der Waals surface area contributed by atoms with Crippen LogP contribution in [0, 0.1) is 5.92 Å². The highest BCUT2D eigenvalue weighted by molar-refractivity contribution is 6.42. The van der Waals surface area contributed by atoms with Crippen molar-refractivity contribution in [2.45, 2.75) is 44.8 Å². The Morgan fingerprint density at radius 2 is 1.70 bits per heavy atom. The third-order valence-electron chi connectivity index (χ3n) is 7.79. The summed E-state index contributed by atoms with van der Waals surface area (Å²) in [5, 5.41) is 1.67. The third-order valence-corrected chi connectivity index (χ3v) is 8.78. The Kier molecular flexibility index (Phi) is 9.28. The maximum atomic E-state index is 13.4. The molecule has 2 aromatic rings. The molecule has 0 spiro atoms. The Labute approximate surface area is 234 Å². The lowest BCUT2D eigenvalue weighted by atomic mass is 9.85. The van der Waals surface area contributed by atoms with Crippen LogP contribution in [0.1, 0.15) is 38.2 Å². The van der Waals surface area contributed by atoms with Crippen molar-refractivity contribution in [1.29, 1.82) is 0 Å². The second kappa shape index (κ2) is 12.2. The molecule has 0 radical (unpaired) electrons. The molecule has 0 aromatic heterocycles. The van der Waals surface area contributed by atoms with Crippen molar-refractivity contribution >= 4 is 46.6 Å². The average molecular weight is 567 g/mol. The molecule has 4 rings (SSSR count). The van der Waals surface area contributed by atoms with Gasteiger partial charge in [-0.15, -0.1) is 0 Å². The highest BCUT2D eigenvalue weighted by Crippen LogP contribution is 2.38. The zero-order valence-electron chi connectivity index (χ0n) is 21.5. The topological polar surface area (TPSA) is 53.1 Å². The number of nitrogens with zero attached hydrogens (tertiary/aromatic N) is 3. The van der Waals surface area contributed by atoms with Gasteiger partial charge in [0.1, 0.15) is 11.9 Å². The molecule has 2 amide bonds. The van der Waals surface area contributed by atoms with Crippen LogP contribution in [0.15, 0.2) is 42.5 Å². The molecule has 2 aromatic carbocycles.